The number of carbonyl (C=O) groups excluding carboxylic acids is 3. The number of azide groups is 4. The third kappa shape index (κ3) is 14.7. The lowest BCUT2D eigenvalue weighted by Gasteiger charge is -2.48. The van der Waals surface area contributed by atoms with Gasteiger partial charge in [0.05, 0.1) is 58.3 Å². The number of amides is 2. The highest BCUT2D eigenvalue weighted by Gasteiger charge is 2.52. The lowest BCUT2D eigenvalue weighted by Crippen LogP contribution is -2.64. The second-order valence-corrected chi connectivity index (χ2v) is 14.2. The van der Waals surface area contributed by atoms with Crippen molar-refractivity contribution in [3.8, 4) is 0 Å². The van der Waals surface area contributed by atoms with Gasteiger partial charge in [0.2, 0.25) is 0 Å². The third-order valence-corrected chi connectivity index (χ3v) is 10.00. The summed E-state index contributed by atoms with van der Waals surface area (Å²) in [6, 6.07) is 21.3. The van der Waals surface area contributed by atoms with E-state index in [4.69, 9.17) is 38.7 Å². The molecule has 0 spiro atoms. The highest BCUT2D eigenvalue weighted by Crippen LogP contribution is 2.35. The number of methoxy groups -OCH3 is 1. The van der Waals surface area contributed by atoms with Gasteiger partial charge < -0.3 is 53.6 Å². The van der Waals surface area contributed by atoms with Gasteiger partial charge in [0.15, 0.2) is 12.6 Å². The summed E-state index contributed by atoms with van der Waals surface area (Å²) in [5.74, 6) is -1.10. The monoisotopic (exact) mass is 914 g/mol. The molecule has 26 heteroatoms. The molecule has 0 aliphatic carbocycles. The number of benzene rings is 3. The minimum atomic E-state index is -1.55. The van der Waals surface area contributed by atoms with Crippen LogP contribution >= 0.6 is 0 Å². The number of aliphatic hydroxyl groups is 1. The van der Waals surface area contributed by atoms with Crippen LogP contribution in [-0.4, -0.2) is 124 Å². The largest absolute Gasteiger partial charge is 0.468 e. The fourth-order valence-electron chi connectivity index (χ4n) is 6.79. The first-order valence-corrected chi connectivity index (χ1v) is 20.2. The van der Waals surface area contributed by atoms with E-state index in [1.165, 1.54) is 19.2 Å². The zero-order valence-corrected chi connectivity index (χ0v) is 35.3. The highest BCUT2D eigenvalue weighted by molar-refractivity contribution is 5.95. The molecule has 3 aromatic carbocycles. The summed E-state index contributed by atoms with van der Waals surface area (Å²) in [6.07, 6.45) is -11.6. The van der Waals surface area contributed by atoms with Gasteiger partial charge >= 0.3 is 12.1 Å². The van der Waals surface area contributed by atoms with Crippen LogP contribution in [0.5, 0.6) is 0 Å². The zero-order chi connectivity index (χ0) is 47.1. The number of rotatable bonds is 23. The van der Waals surface area contributed by atoms with Gasteiger partial charge in [-0.25, -0.2) is 4.79 Å². The Morgan fingerprint density at radius 3 is 1.82 bits per heavy atom. The Morgan fingerprint density at radius 1 is 0.667 bits per heavy atom. The summed E-state index contributed by atoms with van der Waals surface area (Å²) in [5, 5.41) is 31.5. The SMILES string of the molecule is COC(=O)CNC(=O)c1ccc(COC(=O)NCCO[C@@H]2O[C@H](CN=[N+]=[N-])[C@@H](O[C@H]3O[C@H](CN=[N+]=[N-])[C@@H](O)[C@H](OCc4ccccc4)[C@H]3N=[N+]=[N-])[C@H](OCc3ccccc3)[C@H]2N=[N+]=[N-])cc1. The normalized spacial score (nSPS) is 24.4. The summed E-state index contributed by atoms with van der Waals surface area (Å²) < 4.78 is 47.2. The Labute approximate surface area is 375 Å². The van der Waals surface area contributed by atoms with Gasteiger partial charge in [0, 0.05) is 31.8 Å². The van der Waals surface area contributed by atoms with Gasteiger partial charge in [-0.1, -0.05) is 93.3 Å². The Balaban J connectivity index is 1.32. The Bertz CT molecular complexity index is 2240. The van der Waals surface area contributed by atoms with Crippen LogP contribution in [0.3, 0.4) is 0 Å². The number of nitrogens with one attached hydrogen (secondary N) is 2. The lowest BCUT2D eigenvalue weighted by atomic mass is 9.94. The molecule has 0 bridgehead atoms. The van der Waals surface area contributed by atoms with Crippen molar-refractivity contribution in [2.75, 3.05) is 39.9 Å². The number of hydrogen-bond donors (Lipinski definition) is 3. The van der Waals surface area contributed by atoms with Crippen molar-refractivity contribution in [2.24, 2.45) is 20.5 Å². The summed E-state index contributed by atoms with van der Waals surface area (Å²) in [6.45, 7) is -1.66. The van der Waals surface area contributed by atoms with Crippen molar-refractivity contribution in [1.29, 1.82) is 0 Å². The number of hydrogen-bond acceptors (Lipinski definition) is 16. The minimum absolute atomic E-state index is 0.0305. The quantitative estimate of drug-likeness (QED) is 0.0364. The molecular weight excluding hydrogens is 869 g/mol. The van der Waals surface area contributed by atoms with E-state index >= 15 is 0 Å². The van der Waals surface area contributed by atoms with Gasteiger partial charge in [0.1, 0.15) is 43.5 Å². The molecule has 0 radical (unpaired) electrons. The lowest BCUT2D eigenvalue weighted by molar-refractivity contribution is -0.328. The van der Waals surface area contributed by atoms with E-state index in [-0.39, 0.29) is 51.6 Å². The van der Waals surface area contributed by atoms with Gasteiger partial charge in [-0.2, -0.15) is 0 Å². The number of esters is 1. The van der Waals surface area contributed by atoms with Crippen LogP contribution < -0.4 is 10.6 Å². The number of aliphatic hydroxyl groups excluding tert-OH is 1. The summed E-state index contributed by atoms with van der Waals surface area (Å²) in [7, 11) is 1.20. The van der Waals surface area contributed by atoms with Crippen LogP contribution in [0.25, 0.3) is 41.8 Å². The predicted molar refractivity (Wildman–Crippen MR) is 227 cm³/mol. The smallest absolute Gasteiger partial charge is 0.407 e. The van der Waals surface area contributed by atoms with E-state index in [0.717, 1.165) is 5.56 Å². The van der Waals surface area contributed by atoms with Gasteiger partial charge in [-0.3, -0.25) is 9.59 Å². The van der Waals surface area contributed by atoms with Crippen LogP contribution in [0, 0.1) is 0 Å². The fraction of sp³-hybridized carbons (Fsp3) is 0.475. The molecule has 5 rings (SSSR count). The molecule has 2 heterocycles. The standard InChI is InChI=1S/C40H46N14O12/c1-59-30(55)20-46-37(57)27-14-12-26(13-15-27)23-63-40(58)45-16-17-60-38-32(50-54-44)36(62-22-25-10-6-3-7-11-25)34(29(65-38)19-48-52-42)66-39-31(49-53-43)35(33(56)28(64-39)18-47-51-41)61-21-24-8-4-2-5-9-24/h2-15,28-29,31-36,38-39,56H,16-23H2,1H3,(H,45,58)(H,46,57)/t28-,29-,31-,32-,33-,34-,35-,36-,38-,39-/m1/s1. The van der Waals surface area contributed by atoms with Crippen molar-refractivity contribution in [2.45, 2.75) is 81.1 Å². The Morgan fingerprint density at radius 2 is 1.23 bits per heavy atom. The number of alkyl carbamates (subject to hydrolysis) is 1. The predicted octanol–water partition coefficient (Wildman–Crippen LogP) is 5.18. The maximum absolute atomic E-state index is 12.6. The zero-order valence-electron chi connectivity index (χ0n) is 35.3. The van der Waals surface area contributed by atoms with Gasteiger partial charge in [-0.05, 0) is 50.9 Å². The van der Waals surface area contributed by atoms with Crippen LogP contribution in [0.1, 0.15) is 27.0 Å². The molecule has 0 aromatic heterocycles. The molecule has 2 amide bonds. The molecule has 66 heavy (non-hydrogen) atoms. The summed E-state index contributed by atoms with van der Waals surface area (Å²) in [5.41, 5.74) is 40.3. The van der Waals surface area contributed by atoms with E-state index in [2.05, 4.69) is 55.5 Å². The topological polar surface area (TPSA) is 364 Å². The van der Waals surface area contributed by atoms with Gasteiger partial charge in [0.25, 0.3) is 5.91 Å². The van der Waals surface area contributed by atoms with Crippen molar-refractivity contribution < 1.29 is 57.4 Å². The molecule has 0 unspecified atom stereocenters. The molecule has 348 valence electrons. The van der Waals surface area contributed by atoms with E-state index in [1.807, 2.05) is 6.07 Å². The average Bonchev–Trinajstić information content (AvgIpc) is 3.34. The second-order valence-electron chi connectivity index (χ2n) is 14.2. The van der Waals surface area contributed by atoms with Crippen LogP contribution in [-0.2, 0) is 62.5 Å². The maximum Gasteiger partial charge on any atom is 0.407 e. The van der Waals surface area contributed by atoms with E-state index in [0.29, 0.717) is 11.1 Å². The minimum Gasteiger partial charge on any atom is -0.468 e. The maximum atomic E-state index is 12.6. The molecule has 2 fully saturated rings. The highest BCUT2D eigenvalue weighted by atomic mass is 16.7. The molecule has 3 N–H and O–H groups in total. The van der Waals surface area contributed by atoms with Crippen LogP contribution in [0.15, 0.2) is 105 Å². The van der Waals surface area contributed by atoms with E-state index in [9.17, 15) is 36.1 Å². The first kappa shape index (κ1) is 49.8. The molecule has 2 saturated heterocycles. The second kappa shape index (κ2) is 26.6. The van der Waals surface area contributed by atoms with Crippen molar-refractivity contribution in [3.05, 3.63) is 149 Å². The van der Waals surface area contributed by atoms with Gasteiger partial charge in [-0.15, -0.1) is 0 Å². The molecule has 2 aliphatic heterocycles. The number of carbonyl (C=O) groups is 3. The van der Waals surface area contributed by atoms with Crippen molar-refractivity contribution >= 4 is 18.0 Å². The molecule has 0 saturated carbocycles. The molecule has 26 nitrogen and oxygen atoms in total. The van der Waals surface area contributed by atoms with E-state index < -0.39 is 85.8 Å². The molecule has 3 aromatic rings. The summed E-state index contributed by atoms with van der Waals surface area (Å²) in [4.78, 5) is 47.8. The average molecular weight is 915 g/mol. The first-order valence-electron chi connectivity index (χ1n) is 20.2. The Hall–Kier alpha value is -7.17. The first-order chi connectivity index (χ1) is 32.2. The van der Waals surface area contributed by atoms with Crippen LogP contribution in [0.2, 0.25) is 0 Å². The Kier molecular flexibility index (Phi) is 20.1. The van der Waals surface area contributed by atoms with E-state index in [1.54, 1.807) is 66.7 Å². The summed E-state index contributed by atoms with van der Waals surface area (Å²) >= 11 is 0. The third-order valence-electron chi connectivity index (χ3n) is 10.00. The molecule has 2 aliphatic rings. The van der Waals surface area contributed by atoms with Crippen LogP contribution in [0.4, 0.5) is 4.79 Å². The number of nitrogens with zero attached hydrogens (tertiary/aromatic N) is 12. The van der Waals surface area contributed by atoms with Crippen molar-refractivity contribution in [3.63, 3.8) is 0 Å². The number of ether oxygens (including phenoxy) is 8. The molecular formula is C40H46N14O12. The molecule has 10 atom stereocenters. The van der Waals surface area contributed by atoms with Crippen molar-refractivity contribution in [1.82, 2.24) is 10.6 Å². The fourth-order valence-corrected chi connectivity index (χ4v) is 6.79.